The van der Waals surface area contributed by atoms with Crippen molar-refractivity contribution in [3.63, 3.8) is 0 Å². The van der Waals surface area contributed by atoms with Gasteiger partial charge in [-0.3, -0.25) is 4.79 Å². The zero-order valence-electron chi connectivity index (χ0n) is 10.1. The van der Waals surface area contributed by atoms with Gasteiger partial charge in [-0.15, -0.1) is 0 Å². The molecule has 2 rings (SSSR count). The molecule has 92 valence electrons. The minimum absolute atomic E-state index is 0.200. The van der Waals surface area contributed by atoms with Crippen LogP contribution in [0.25, 0.3) is 0 Å². The Morgan fingerprint density at radius 3 is 2.94 bits per heavy atom. The van der Waals surface area contributed by atoms with E-state index in [1.54, 1.807) is 6.07 Å². The highest BCUT2D eigenvalue weighted by Crippen LogP contribution is 2.13. The van der Waals surface area contributed by atoms with Gasteiger partial charge in [-0.1, -0.05) is 6.42 Å². The summed E-state index contributed by atoms with van der Waals surface area (Å²) in [7, 11) is 0. The van der Waals surface area contributed by atoms with Gasteiger partial charge in [0.1, 0.15) is 11.6 Å². The molecular weight excluding hydrogens is 216 g/mol. The van der Waals surface area contributed by atoms with Gasteiger partial charge >= 0.3 is 0 Å². The predicted molar refractivity (Wildman–Crippen MR) is 65.1 cm³/mol. The van der Waals surface area contributed by atoms with E-state index in [1.807, 2.05) is 11.8 Å². The normalized spacial score (nSPS) is 17.0. The number of likely N-dealkylation sites (tertiary alicyclic amines) is 1. The van der Waals surface area contributed by atoms with Crippen molar-refractivity contribution in [2.24, 2.45) is 0 Å². The Bertz CT molecular complexity index is 399. The number of carbonyl (C=O) groups is 1. The van der Waals surface area contributed by atoms with E-state index in [4.69, 9.17) is 5.73 Å². The molecule has 17 heavy (non-hydrogen) atoms. The fourth-order valence-electron chi connectivity index (χ4n) is 2.10. The van der Waals surface area contributed by atoms with Gasteiger partial charge in [0.2, 0.25) is 5.91 Å². The van der Waals surface area contributed by atoms with E-state index in [-0.39, 0.29) is 5.91 Å². The third kappa shape index (κ3) is 3.15. The number of hydrogen-bond donors (Lipinski definition) is 1. The van der Waals surface area contributed by atoms with E-state index < -0.39 is 0 Å². The minimum Gasteiger partial charge on any atom is -0.384 e. The average Bonchev–Trinajstić information content (AvgIpc) is 2.43. The Labute approximate surface area is 101 Å². The largest absolute Gasteiger partial charge is 0.384 e. The molecule has 0 spiro atoms. The summed E-state index contributed by atoms with van der Waals surface area (Å²) in [6.45, 7) is 3.16. The van der Waals surface area contributed by atoms with Gasteiger partial charge < -0.3 is 10.6 Å². The van der Waals surface area contributed by atoms with Gasteiger partial charge in [-0.05, 0) is 19.8 Å². The summed E-state index contributed by atoms with van der Waals surface area (Å²) in [4.78, 5) is 22.1. The number of anilines is 1. The van der Waals surface area contributed by atoms with E-state index >= 15 is 0 Å². The molecule has 0 atom stereocenters. The van der Waals surface area contributed by atoms with Gasteiger partial charge in [-0.2, -0.15) is 0 Å². The number of rotatable bonds is 2. The van der Waals surface area contributed by atoms with Crippen molar-refractivity contribution in [2.75, 3.05) is 12.3 Å². The Hall–Kier alpha value is -1.65. The smallest absolute Gasteiger partial charge is 0.222 e. The second kappa shape index (κ2) is 5.12. The zero-order chi connectivity index (χ0) is 12.3. The second-order valence-electron chi connectivity index (χ2n) is 4.48. The van der Waals surface area contributed by atoms with Crippen molar-refractivity contribution in [2.45, 2.75) is 39.2 Å². The van der Waals surface area contributed by atoms with Crippen LogP contribution in [0.15, 0.2) is 6.07 Å². The van der Waals surface area contributed by atoms with Crippen LogP contribution in [0.4, 0.5) is 5.82 Å². The maximum Gasteiger partial charge on any atom is 0.222 e. The van der Waals surface area contributed by atoms with Crippen LogP contribution in [0.3, 0.4) is 0 Å². The highest BCUT2D eigenvalue weighted by atomic mass is 16.2. The van der Waals surface area contributed by atoms with Crippen molar-refractivity contribution >= 4 is 11.7 Å². The topological polar surface area (TPSA) is 72.1 Å². The summed E-state index contributed by atoms with van der Waals surface area (Å²) >= 11 is 0. The molecule has 5 heteroatoms. The lowest BCUT2D eigenvalue weighted by molar-refractivity contribution is -0.131. The first kappa shape index (κ1) is 11.8. The van der Waals surface area contributed by atoms with Crippen LogP contribution >= 0.6 is 0 Å². The van der Waals surface area contributed by atoms with Crippen LogP contribution in [0.5, 0.6) is 0 Å². The zero-order valence-corrected chi connectivity index (χ0v) is 10.1. The van der Waals surface area contributed by atoms with Crippen molar-refractivity contribution in [1.29, 1.82) is 0 Å². The lowest BCUT2D eigenvalue weighted by Crippen LogP contribution is -2.30. The molecule has 1 saturated heterocycles. The fourth-order valence-corrected chi connectivity index (χ4v) is 2.10. The Morgan fingerprint density at radius 1 is 1.35 bits per heavy atom. The van der Waals surface area contributed by atoms with Gasteiger partial charge in [0.05, 0.1) is 6.54 Å². The van der Waals surface area contributed by atoms with Crippen molar-refractivity contribution < 1.29 is 4.79 Å². The number of nitrogens with two attached hydrogens (primary N) is 1. The Kier molecular flexibility index (Phi) is 3.56. The standard InChI is InChI=1S/C12H18N4O/c1-9-7-10(13)15-11(14-9)8-16-6-4-2-3-5-12(16)17/h7H,2-6,8H2,1H3,(H2,13,14,15). The van der Waals surface area contributed by atoms with Crippen LogP contribution in [0.2, 0.25) is 0 Å². The first-order chi connectivity index (χ1) is 8.15. The number of aryl methyl sites for hydroxylation is 1. The van der Waals surface area contributed by atoms with Crippen molar-refractivity contribution in [1.82, 2.24) is 14.9 Å². The van der Waals surface area contributed by atoms with E-state index in [2.05, 4.69) is 9.97 Å². The summed E-state index contributed by atoms with van der Waals surface area (Å²) in [5, 5.41) is 0. The fraction of sp³-hybridized carbons (Fsp3) is 0.583. The molecule has 1 aromatic rings. The molecule has 1 aliphatic heterocycles. The highest BCUT2D eigenvalue weighted by molar-refractivity contribution is 5.76. The number of amides is 1. The van der Waals surface area contributed by atoms with Crippen molar-refractivity contribution in [3.05, 3.63) is 17.6 Å². The lowest BCUT2D eigenvalue weighted by atomic mass is 10.2. The third-order valence-corrected chi connectivity index (χ3v) is 2.92. The number of carbonyl (C=O) groups excluding carboxylic acids is 1. The monoisotopic (exact) mass is 234 g/mol. The van der Waals surface area contributed by atoms with Crippen LogP contribution in [0, 0.1) is 6.92 Å². The van der Waals surface area contributed by atoms with Crippen LogP contribution < -0.4 is 5.73 Å². The summed E-state index contributed by atoms with van der Waals surface area (Å²) in [6, 6.07) is 1.73. The molecule has 5 nitrogen and oxygen atoms in total. The first-order valence-corrected chi connectivity index (χ1v) is 6.03. The van der Waals surface area contributed by atoms with E-state index in [1.165, 1.54) is 0 Å². The van der Waals surface area contributed by atoms with Gasteiger partial charge in [0, 0.05) is 24.7 Å². The van der Waals surface area contributed by atoms with E-state index in [0.717, 1.165) is 31.5 Å². The molecular formula is C12H18N4O. The molecule has 0 saturated carbocycles. The number of aromatic nitrogens is 2. The molecule has 2 heterocycles. The SMILES string of the molecule is Cc1cc(N)nc(CN2CCCCCC2=O)n1. The lowest BCUT2D eigenvalue weighted by Gasteiger charge is -2.19. The molecule has 1 aromatic heterocycles. The van der Waals surface area contributed by atoms with Gasteiger partial charge in [-0.25, -0.2) is 9.97 Å². The third-order valence-electron chi connectivity index (χ3n) is 2.92. The summed E-state index contributed by atoms with van der Waals surface area (Å²) < 4.78 is 0. The average molecular weight is 234 g/mol. The number of nitrogens with zero attached hydrogens (tertiary/aromatic N) is 3. The Balaban J connectivity index is 2.10. The molecule has 0 unspecified atom stereocenters. The predicted octanol–water partition coefficient (Wildman–Crippen LogP) is 1.27. The van der Waals surface area contributed by atoms with E-state index in [9.17, 15) is 4.79 Å². The molecule has 0 bridgehead atoms. The van der Waals surface area contributed by atoms with E-state index in [0.29, 0.717) is 24.6 Å². The second-order valence-corrected chi connectivity index (χ2v) is 4.48. The molecule has 1 amide bonds. The van der Waals surface area contributed by atoms with Crippen LogP contribution in [-0.4, -0.2) is 27.3 Å². The summed E-state index contributed by atoms with van der Waals surface area (Å²) in [5.41, 5.74) is 6.52. The quantitative estimate of drug-likeness (QED) is 0.836. The summed E-state index contributed by atoms with van der Waals surface area (Å²) in [5.74, 6) is 1.30. The first-order valence-electron chi connectivity index (χ1n) is 6.03. The van der Waals surface area contributed by atoms with Gasteiger partial charge in [0.15, 0.2) is 0 Å². The van der Waals surface area contributed by atoms with Crippen LogP contribution in [-0.2, 0) is 11.3 Å². The van der Waals surface area contributed by atoms with Gasteiger partial charge in [0.25, 0.3) is 0 Å². The molecule has 0 aromatic carbocycles. The molecule has 2 N–H and O–H groups in total. The minimum atomic E-state index is 0.200. The molecule has 0 radical (unpaired) electrons. The maximum atomic E-state index is 11.8. The molecule has 1 aliphatic rings. The van der Waals surface area contributed by atoms with Crippen LogP contribution in [0.1, 0.15) is 37.2 Å². The summed E-state index contributed by atoms with van der Waals surface area (Å²) in [6.07, 6.45) is 3.82. The number of nitrogen functional groups attached to an aromatic ring is 1. The highest BCUT2D eigenvalue weighted by Gasteiger charge is 2.17. The Morgan fingerprint density at radius 2 is 2.18 bits per heavy atom. The number of hydrogen-bond acceptors (Lipinski definition) is 4. The maximum absolute atomic E-state index is 11.8. The van der Waals surface area contributed by atoms with Crippen molar-refractivity contribution in [3.8, 4) is 0 Å². The molecule has 0 aliphatic carbocycles. The molecule has 1 fully saturated rings.